The van der Waals surface area contributed by atoms with Gasteiger partial charge in [-0.05, 0) is 68.0 Å². The van der Waals surface area contributed by atoms with Gasteiger partial charge in [-0.25, -0.2) is 0 Å². The van der Waals surface area contributed by atoms with E-state index in [1.165, 1.54) is 16.7 Å². The molecule has 1 unspecified atom stereocenters. The Hall–Kier alpha value is -2.94. The smallest absolute Gasteiger partial charge is 0.126 e. The van der Waals surface area contributed by atoms with Crippen LogP contribution in [0.5, 0.6) is 11.5 Å². The fraction of sp³-hybridized carbons (Fsp3) is 0.333. The Morgan fingerprint density at radius 1 is 0.933 bits per heavy atom. The van der Waals surface area contributed by atoms with Gasteiger partial charge in [0.25, 0.3) is 0 Å². The second kappa shape index (κ2) is 11.3. The second-order valence-electron chi connectivity index (χ2n) is 7.70. The van der Waals surface area contributed by atoms with Gasteiger partial charge in [-0.1, -0.05) is 56.5 Å². The van der Waals surface area contributed by atoms with Crippen molar-refractivity contribution in [2.45, 2.75) is 45.6 Å². The molecular weight excluding hydrogens is 370 g/mol. The lowest BCUT2D eigenvalue weighted by Gasteiger charge is -2.33. The Labute approximate surface area is 182 Å². The van der Waals surface area contributed by atoms with Crippen molar-refractivity contribution in [2.24, 2.45) is 0 Å². The number of benzene rings is 2. The van der Waals surface area contributed by atoms with Crippen LogP contribution in [-0.2, 0) is 12.8 Å². The number of hydrogen-bond acceptors (Lipinski definition) is 3. The van der Waals surface area contributed by atoms with Gasteiger partial charge in [0.15, 0.2) is 0 Å². The third-order valence-corrected chi connectivity index (χ3v) is 5.40. The van der Waals surface area contributed by atoms with E-state index >= 15 is 0 Å². The molecule has 0 N–H and O–H groups in total. The molecule has 160 valence electrons. The fourth-order valence-corrected chi connectivity index (χ4v) is 3.39. The Morgan fingerprint density at radius 2 is 1.50 bits per heavy atom. The molecule has 0 aliphatic rings. The number of methoxy groups -OCH3 is 1. The molecule has 0 saturated heterocycles. The van der Waals surface area contributed by atoms with Gasteiger partial charge in [0.1, 0.15) is 11.5 Å². The normalized spacial score (nSPS) is 11.5. The van der Waals surface area contributed by atoms with Crippen LogP contribution >= 0.6 is 0 Å². The van der Waals surface area contributed by atoms with E-state index in [1.54, 1.807) is 7.11 Å². The van der Waals surface area contributed by atoms with Gasteiger partial charge in [-0.3, -0.25) is 0 Å². The largest absolute Gasteiger partial charge is 0.497 e. The molecule has 0 aromatic heterocycles. The monoisotopic (exact) mass is 405 g/mol. The van der Waals surface area contributed by atoms with E-state index in [0.717, 1.165) is 42.9 Å². The van der Waals surface area contributed by atoms with Gasteiger partial charge < -0.3 is 14.4 Å². The van der Waals surface area contributed by atoms with Crippen LogP contribution in [0.4, 0.5) is 0 Å². The van der Waals surface area contributed by atoms with Crippen molar-refractivity contribution in [1.29, 1.82) is 0 Å². The highest BCUT2D eigenvalue weighted by Gasteiger charge is 2.19. The maximum absolute atomic E-state index is 5.57. The van der Waals surface area contributed by atoms with Crippen LogP contribution in [0, 0.1) is 0 Å². The minimum atomic E-state index is 0.214. The molecule has 1 atom stereocenters. The quantitative estimate of drug-likeness (QED) is 0.295. The maximum Gasteiger partial charge on any atom is 0.126 e. The zero-order chi connectivity index (χ0) is 22.1. The number of nitrogens with zero attached hydrogens (tertiary/aromatic N) is 1. The average Bonchev–Trinajstić information content (AvgIpc) is 2.75. The first-order valence-corrected chi connectivity index (χ1v) is 10.5. The van der Waals surface area contributed by atoms with E-state index in [0.29, 0.717) is 5.76 Å². The predicted molar refractivity (Wildman–Crippen MR) is 127 cm³/mol. The lowest BCUT2D eigenvalue weighted by molar-refractivity contribution is 0.323. The lowest BCUT2D eigenvalue weighted by Crippen LogP contribution is -2.34. The summed E-state index contributed by atoms with van der Waals surface area (Å²) in [6.07, 6.45) is 3.68. The lowest BCUT2D eigenvalue weighted by atomic mass is 9.96. The number of allylic oxidation sites excluding steroid dienone is 2. The van der Waals surface area contributed by atoms with Crippen LogP contribution in [0.3, 0.4) is 0 Å². The molecule has 0 amide bonds. The molecule has 0 fully saturated rings. The van der Waals surface area contributed by atoms with Crippen LogP contribution in [0.25, 0.3) is 0 Å². The van der Waals surface area contributed by atoms with Gasteiger partial charge in [0.2, 0.25) is 0 Å². The minimum Gasteiger partial charge on any atom is -0.497 e. The molecule has 0 aliphatic carbocycles. The summed E-state index contributed by atoms with van der Waals surface area (Å²) in [5.74, 6) is 2.39. The Morgan fingerprint density at radius 3 is 2.03 bits per heavy atom. The summed E-state index contributed by atoms with van der Waals surface area (Å²) in [6.45, 7) is 16.5. The summed E-state index contributed by atoms with van der Waals surface area (Å²) in [5, 5.41) is 0. The Balaban J connectivity index is 2.02. The van der Waals surface area contributed by atoms with Crippen molar-refractivity contribution in [3.63, 3.8) is 0 Å². The molecule has 0 spiro atoms. The summed E-state index contributed by atoms with van der Waals surface area (Å²) in [4.78, 5) is 2.29. The molecule has 3 nitrogen and oxygen atoms in total. The molecule has 0 saturated carbocycles. The van der Waals surface area contributed by atoms with Gasteiger partial charge in [0, 0.05) is 12.7 Å². The van der Waals surface area contributed by atoms with E-state index in [-0.39, 0.29) is 6.04 Å². The fourth-order valence-electron chi connectivity index (χ4n) is 3.39. The van der Waals surface area contributed by atoms with E-state index in [9.17, 15) is 0 Å². The summed E-state index contributed by atoms with van der Waals surface area (Å²) in [6, 6.07) is 16.7. The molecule has 2 aromatic rings. The first-order valence-electron chi connectivity index (χ1n) is 10.5. The molecule has 2 rings (SSSR count). The molecule has 0 aliphatic heterocycles. The van der Waals surface area contributed by atoms with E-state index in [4.69, 9.17) is 9.47 Å². The molecule has 0 radical (unpaired) electrons. The maximum atomic E-state index is 5.57. The first-order chi connectivity index (χ1) is 14.3. The van der Waals surface area contributed by atoms with E-state index in [1.807, 2.05) is 31.2 Å². The van der Waals surface area contributed by atoms with Crippen molar-refractivity contribution < 1.29 is 9.47 Å². The van der Waals surface area contributed by atoms with E-state index in [2.05, 4.69) is 62.9 Å². The van der Waals surface area contributed by atoms with Crippen LogP contribution < -0.4 is 9.47 Å². The second-order valence-corrected chi connectivity index (χ2v) is 7.70. The Kier molecular flexibility index (Phi) is 8.79. The zero-order valence-corrected chi connectivity index (χ0v) is 18.9. The van der Waals surface area contributed by atoms with Crippen LogP contribution in [0.15, 0.2) is 85.3 Å². The number of ether oxygens (including phenoxy) is 2. The summed E-state index contributed by atoms with van der Waals surface area (Å²) >= 11 is 0. The van der Waals surface area contributed by atoms with Gasteiger partial charge in [-0.2, -0.15) is 0 Å². The van der Waals surface area contributed by atoms with Crippen molar-refractivity contribution >= 4 is 0 Å². The zero-order valence-electron chi connectivity index (χ0n) is 18.9. The van der Waals surface area contributed by atoms with Crippen LogP contribution in [0.2, 0.25) is 0 Å². The highest BCUT2D eigenvalue weighted by Crippen LogP contribution is 2.24. The first kappa shape index (κ1) is 23.3. The van der Waals surface area contributed by atoms with Gasteiger partial charge >= 0.3 is 0 Å². The molecule has 3 heteroatoms. The summed E-state index contributed by atoms with van der Waals surface area (Å²) < 4.78 is 10.8. The molecule has 30 heavy (non-hydrogen) atoms. The highest BCUT2D eigenvalue weighted by atomic mass is 16.5. The van der Waals surface area contributed by atoms with Crippen molar-refractivity contribution in [3.8, 4) is 11.5 Å². The number of aryl methyl sites for hydroxylation is 1. The van der Waals surface area contributed by atoms with Crippen molar-refractivity contribution in [3.05, 3.63) is 96.4 Å². The highest BCUT2D eigenvalue weighted by molar-refractivity contribution is 5.31. The van der Waals surface area contributed by atoms with Crippen molar-refractivity contribution in [2.75, 3.05) is 14.2 Å². The van der Waals surface area contributed by atoms with E-state index < -0.39 is 0 Å². The number of likely N-dealkylation sites (N-methyl/N-ethyl adjacent to an activating group) is 1. The molecule has 0 heterocycles. The summed E-state index contributed by atoms with van der Waals surface area (Å²) in [5.41, 5.74) is 4.86. The molecule has 2 aromatic carbocycles. The number of hydrogen-bond donors (Lipinski definition) is 0. The van der Waals surface area contributed by atoms with Gasteiger partial charge in [-0.15, -0.1) is 0 Å². The molecular formula is C27H35NO2. The Bertz CT molecular complexity index is 849. The van der Waals surface area contributed by atoms with Crippen molar-refractivity contribution in [1.82, 2.24) is 4.90 Å². The third-order valence-electron chi connectivity index (χ3n) is 5.40. The molecule has 0 bridgehead atoms. The average molecular weight is 406 g/mol. The van der Waals surface area contributed by atoms with Crippen LogP contribution in [-0.4, -0.2) is 25.1 Å². The third kappa shape index (κ3) is 6.84. The SMILES string of the molecule is C=C(C)Oc1ccc(CC(C(=C)CC)N(C)C(=C)CCc2ccc(OC)cc2)cc1. The van der Waals surface area contributed by atoms with Gasteiger partial charge in [0.05, 0.1) is 18.9 Å². The predicted octanol–water partition coefficient (Wildman–Crippen LogP) is 6.56. The standard InChI is InChI=1S/C27H35NO2/c1-8-21(4)27(19-24-13-17-26(18-14-24)30-20(2)3)28(6)22(5)9-10-23-11-15-25(29-7)16-12-23/h11-18,27H,2,4-5,8-10,19H2,1,3,6-7H3. The van der Waals surface area contributed by atoms with Crippen LogP contribution in [0.1, 0.15) is 37.8 Å². The number of rotatable bonds is 12. The summed E-state index contributed by atoms with van der Waals surface area (Å²) in [7, 11) is 3.81. The minimum absolute atomic E-state index is 0.214. The topological polar surface area (TPSA) is 21.7 Å².